The third kappa shape index (κ3) is 3.49. The van der Waals surface area contributed by atoms with Crippen LogP contribution >= 0.6 is 31.9 Å². The van der Waals surface area contributed by atoms with E-state index in [0.29, 0.717) is 15.6 Å². The Morgan fingerprint density at radius 3 is 2.56 bits per heavy atom. The normalized spacial score (nSPS) is 35.0. The first kappa shape index (κ1) is 16.5. The Balaban J connectivity index is 2.82. The topological polar surface area (TPSA) is 20.2 Å². The van der Waals surface area contributed by atoms with Gasteiger partial charge in [-0.25, -0.2) is 0 Å². The fraction of sp³-hybridized carbons (Fsp3) is 0.733. The highest BCUT2D eigenvalue weighted by Crippen LogP contribution is 2.50. The lowest BCUT2D eigenvalue weighted by atomic mass is 9.64. The van der Waals surface area contributed by atoms with E-state index >= 15 is 0 Å². The van der Waals surface area contributed by atoms with Crippen LogP contribution in [0.3, 0.4) is 0 Å². The van der Waals surface area contributed by atoms with Crippen molar-refractivity contribution in [2.24, 2.45) is 11.3 Å². The summed E-state index contributed by atoms with van der Waals surface area (Å²) < 4.78 is 0. The van der Waals surface area contributed by atoms with E-state index in [-0.39, 0.29) is 5.41 Å². The van der Waals surface area contributed by atoms with E-state index in [1.807, 2.05) is 6.92 Å². The molecule has 0 spiro atoms. The monoisotopic (exact) mass is 378 g/mol. The highest BCUT2D eigenvalue weighted by molar-refractivity contribution is 9.10. The standard InChI is InChI=1S/C15H24Br2O/c1-6-15(5,18)8-7-11-10(2)12(16)9-13(17)14(11,3)4/h6,11-13,18H,1-2,7-9H2,3-5H3/t11-,12+,13+,15-/m0/s1. The molecule has 0 aliphatic heterocycles. The molecule has 0 aromatic heterocycles. The molecule has 1 nitrogen and oxygen atoms in total. The van der Waals surface area contributed by atoms with Gasteiger partial charge in [0.15, 0.2) is 0 Å². The first-order valence-electron chi connectivity index (χ1n) is 6.44. The van der Waals surface area contributed by atoms with Gasteiger partial charge in [-0.3, -0.25) is 0 Å². The largest absolute Gasteiger partial charge is 0.386 e. The highest BCUT2D eigenvalue weighted by atomic mass is 79.9. The van der Waals surface area contributed by atoms with Crippen molar-refractivity contribution in [3.63, 3.8) is 0 Å². The van der Waals surface area contributed by atoms with E-state index in [9.17, 15) is 5.11 Å². The van der Waals surface area contributed by atoms with E-state index in [1.54, 1.807) is 6.08 Å². The maximum absolute atomic E-state index is 10.1. The molecule has 1 fully saturated rings. The fourth-order valence-electron chi connectivity index (χ4n) is 2.65. The molecule has 0 heterocycles. The molecule has 0 aromatic carbocycles. The van der Waals surface area contributed by atoms with Crippen LogP contribution in [0.15, 0.2) is 24.8 Å². The molecule has 18 heavy (non-hydrogen) atoms. The van der Waals surface area contributed by atoms with Crippen molar-refractivity contribution in [1.82, 2.24) is 0 Å². The molecule has 0 saturated heterocycles. The van der Waals surface area contributed by atoms with Crippen LogP contribution in [0.4, 0.5) is 0 Å². The van der Waals surface area contributed by atoms with Crippen LogP contribution in [-0.4, -0.2) is 20.4 Å². The van der Waals surface area contributed by atoms with Gasteiger partial charge < -0.3 is 5.11 Å². The summed E-state index contributed by atoms with van der Waals surface area (Å²) in [5.41, 5.74) is 0.645. The smallest absolute Gasteiger partial charge is 0.0797 e. The highest BCUT2D eigenvalue weighted by Gasteiger charge is 2.44. The number of halogens is 2. The molecule has 4 atom stereocenters. The van der Waals surface area contributed by atoms with Crippen molar-refractivity contribution in [2.75, 3.05) is 0 Å². The van der Waals surface area contributed by atoms with Crippen molar-refractivity contribution in [3.8, 4) is 0 Å². The van der Waals surface area contributed by atoms with Gasteiger partial charge in [-0.1, -0.05) is 63.9 Å². The lowest BCUT2D eigenvalue weighted by Crippen LogP contribution is -2.43. The molecule has 104 valence electrons. The SMILES string of the molecule is C=C[C@](C)(O)CC[C@H]1C(=C)[C@H](Br)C[C@@H](Br)C1(C)C. The minimum Gasteiger partial charge on any atom is -0.386 e. The first-order chi connectivity index (χ1) is 8.12. The van der Waals surface area contributed by atoms with Gasteiger partial charge in [-0.15, -0.1) is 6.58 Å². The minimum atomic E-state index is -0.780. The molecule has 1 aliphatic carbocycles. The molecule has 0 aromatic rings. The second-order valence-electron chi connectivity index (χ2n) is 6.22. The second kappa shape index (κ2) is 5.80. The quantitative estimate of drug-likeness (QED) is 0.547. The maximum Gasteiger partial charge on any atom is 0.0797 e. The Morgan fingerprint density at radius 1 is 1.50 bits per heavy atom. The summed E-state index contributed by atoms with van der Waals surface area (Å²) in [6, 6.07) is 0. The van der Waals surface area contributed by atoms with Crippen LogP contribution in [0.2, 0.25) is 0 Å². The Morgan fingerprint density at radius 2 is 2.06 bits per heavy atom. The van der Waals surface area contributed by atoms with Gasteiger partial charge in [0.2, 0.25) is 0 Å². The summed E-state index contributed by atoms with van der Waals surface area (Å²) >= 11 is 7.51. The van der Waals surface area contributed by atoms with Gasteiger partial charge in [0.25, 0.3) is 0 Å². The Hall–Kier alpha value is 0.400. The van der Waals surface area contributed by atoms with Crippen molar-refractivity contribution < 1.29 is 5.11 Å². The molecule has 0 unspecified atom stereocenters. The van der Waals surface area contributed by atoms with Gasteiger partial charge in [-0.2, -0.15) is 0 Å². The predicted molar refractivity (Wildman–Crippen MR) is 86.5 cm³/mol. The molecule has 1 N–H and O–H groups in total. The van der Waals surface area contributed by atoms with Crippen LogP contribution in [0, 0.1) is 11.3 Å². The lowest BCUT2D eigenvalue weighted by Gasteiger charge is -2.47. The van der Waals surface area contributed by atoms with Crippen molar-refractivity contribution in [3.05, 3.63) is 24.8 Å². The maximum atomic E-state index is 10.1. The molecule has 0 radical (unpaired) electrons. The number of hydrogen-bond donors (Lipinski definition) is 1. The van der Waals surface area contributed by atoms with Crippen molar-refractivity contribution in [1.29, 1.82) is 0 Å². The number of alkyl halides is 2. The van der Waals surface area contributed by atoms with Crippen LogP contribution in [0.5, 0.6) is 0 Å². The average molecular weight is 380 g/mol. The molecule has 1 aliphatic rings. The van der Waals surface area contributed by atoms with E-state index in [1.165, 1.54) is 5.57 Å². The molecule has 0 bridgehead atoms. The number of rotatable bonds is 4. The zero-order valence-corrected chi connectivity index (χ0v) is 14.7. The molecular formula is C15H24Br2O. The third-order valence-electron chi connectivity index (χ3n) is 4.35. The molecule has 1 rings (SSSR count). The molecule has 3 heteroatoms. The van der Waals surface area contributed by atoms with Crippen LogP contribution in [-0.2, 0) is 0 Å². The van der Waals surface area contributed by atoms with Gasteiger partial charge in [0.1, 0.15) is 0 Å². The summed E-state index contributed by atoms with van der Waals surface area (Å²) in [4.78, 5) is 0.840. The van der Waals surface area contributed by atoms with E-state index in [0.717, 1.165) is 19.3 Å². The second-order valence-corrected chi connectivity index (χ2v) is 8.43. The van der Waals surface area contributed by atoms with Crippen LogP contribution < -0.4 is 0 Å². The van der Waals surface area contributed by atoms with Gasteiger partial charge in [0, 0.05) is 9.65 Å². The van der Waals surface area contributed by atoms with Gasteiger partial charge in [0.05, 0.1) is 5.60 Å². The van der Waals surface area contributed by atoms with Crippen LogP contribution in [0.25, 0.3) is 0 Å². The van der Waals surface area contributed by atoms with Gasteiger partial charge >= 0.3 is 0 Å². The summed E-state index contributed by atoms with van der Waals surface area (Å²) in [6.45, 7) is 14.3. The molecule has 0 amide bonds. The Bertz CT molecular complexity index is 333. The number of hydrogen-bond acceptors (Lipinski definition) is 1. The summed E-state index contributed by atoms with van der Waals surface area (Å²) in [5, 5.41) is 10.1. The first-order valence-corrected chi connectivity index (χ1v) is 8.27. The zero-order valence-electron chi connectivity index (χ0n) is 11.5. The third-order valence-corrected chi connectivity index (χ3v) is 6.86. The van der Waals surface area contributed by atoms with E-state index < -0.39 is 5.60 Å². The van der Waals surface area contributed by atoms with Crippen LogP contribution in [0.1, 0.15) is 40.0 Å². The zero-order chi connectivity index (χ0) is 14.1. The van der Waals surface area contributed by atoms with E-state index in [2.05, 4.69) is 58.9 Å². The average Bonchev–Trinajstić information content (AvgIpc) is 2.26. The predicted octanol–water partition coefficient (Wildman–Crippen LogP) is 4.83. The van der Waals surface area contributed by atoms with Crippen molar-refractivity contribution in [2.45, 2.75) is 55.3 Å². The van der Waals surface area contributed by atoms with Crippen molar-refractivity contribution >= 4 is 31.9 Å². The Labute approximate surface area is 128 Å². The summed E-state index contributed by atoms with van der Waals surface area (Å²) in [7, 11) is 0. The lowest BCUT2D eigenvalue weighted by molar-refractivity contribution is 0.0818. The number of aliphatic hydroxyl groups is 1. The Kier molecular flexibility index (Phi) is 5.30. The fourth-order valence-corrected chi connectivity index (χ4v) is 4.53. The summed E-state index contributed by atoms with van der Waals surface area (Å²) in [6.07, 6.45) is 4.36. The molecular weight excluding hydrogens is 356 g/mol. The van der Waals surface area contributed by atoms with E-state index in [4.69, 9.17) is 0 Å². The molecule has 1 saturated carbocycles. The summed E-state index contributed by atoms with van der Waals surface area (Å²) in [5.74, 6) is 0.409. The minimum absolute atomic E-state index is 0.165. The van der Waals surface area contributed by atoms with Gasteiger partial charge in [-0.05, 0) is 37.5 Å². The number of allylic oxidation sites excluding steroid dienone is 1.